The molecule has 0 unspecified atom stereocenters. The Balaban J connectivity index is 0.785. The topological polar surface area (TPSA) is 325 Å². The van der Waals surface area contributed by atoms with Gasteiger partial charge in [0.2, 0.25) is 23.7 Å². The summed E-state index contributed by atoms with van der Waals surface area (Å²) >= 11 is 0. The van der Waals surface area contributed by atoms with Crippen molar-refractivity contribution in [1.29, 1.82) is 0 Å². The molecule has 0 spiro atoms. The van der Waals surface area contributed by atoms with Crippen molar-refractivity contribution in [2.24, 2.45) is 5.10 Å². The monoisotopic (exact) mass is 1060 g/mol. The van der Waals surface area contributed by atoms with Crippen molar-refractivity contribution >= 4 is 79.7 Å². The van der Waals surface area contributed by atoms with Gasteiger partial charge in [-0.3, -0.25) is 29.0 Å². The highest BCUT2D eigenvalue weighted by atomic mass is 33.1. The number of H-pyrrole nitrogens is 1. The third-order valence-electron chi connectivity index (χ3n) is 10.3. The summed E-state index contributed by atoms with van der Waals surface area (Å²) in [4.78, 5) is 92.5. The molecule has 0 aliphatic rings. The van der Waals surface area contributed by atoms with Gasteiger partial charge in [-0.05, 0) is 110 Å². The average Bonchev–Trinajstić information content (AvgIpc) is 3.40. The van der Waals surface area contributed by atoms with Crippen LogP contribution in [-0.4, -0.2) is 136 Å². The Hall–Kier alpha value is -7.19. The first kappa shape index (κ1) is 57.7. The Morgan fingerprint density at radius 1 is 0.770 bits per heavy atom. The first-order chi connectivity index (χ1) is 35.9. The molecule has 3 aromatic heterocycles. The number of carboxylic acid groups (broad SMARTS) is 1. The summed E-state index contributed by atoms with van der Waals surface area (Å²) in [6.45, 7) is 5.63. The number of carboxylic acids is 1. The van der Waals surface area contributed by atoms with Crippen LogP contribution in [0.4, 0.5) is 11.6 Å². The minimum Gasteiger partial charge on any atom is -0.494 e. The van der Waals surface area contributed by atoms with E-state index in [9.17, 15) is 33.9 Å². The van der Waals surface area contributed by atoms with Crippen molar-refractivity contribution < 1.29 is 48.0 Å². The van der Waals surface area contributed by atoms with E-state index in [-0.39, 0.29) is 59.8 Å². The predicted molar refractivity (Wildman–Crippen MR) is 281 cm³/mol. The quantitative estimate of drug-likeness (QED) is 0.0124. The molecule has 396 valence electrons. The number of aromatic amines is 1. The third kappa shape index (κ3) is 22.3. The van der Waals surface area contributed by atoms with Gasteiger partial charge in [0.1, 0.15) is 16.8 Å². The molecule has 0 aliphatic carbocycles. The lowest BCUT2D eigenvalue weighted by atomic mass is 10.1. The van der Waals surface area contributed by atoms with Crippen molar-refractivity contribution in [2.75, 3.05) is 76.1 Å². The number of nitrogens with zero attached hydrogens (tertiary/aromatic N) is 5. The van der Waals surface area contributed by atoms with Gasteiger partial charge in [-0.2, -0.15) is 10.1 Å². The van der Waals surface area contributed by atoms with Crippen LogP contribution >= 0.6 is 21.6 Å². The van der Waals surface area contributed by atoms with Gasteiger partial charge in [-0.1, -0.05) is 16.9 Å². The van der Waals surface area contributed by atoms with Gasteiger partial charge < -0.3 is 51.1 Å². The second-order valence-electron chi connectivity index (χ2n) is 16.1. The molecule has 4 amide bonds. The summed E-state index contributed by atoms with van der Waals surface area (Å²) in [5, 5.41) is 26.0. The summed E-state index contributed by atoms with van der Waals surface area (Å²) in [6.07, 6.45) is 5.42. The fourth-order valence-corrected chi connectivity index (χ4v) is 8.27. The molecule has 0 bridgehead atoms. The number of anilines is 2. The number of ether oxygens (including phenoxy) is 4. The molecule has 1 atom stereocenters. The molecule has 0 saturated carbocycles. The summed E-state index contributed by atoms with van der Waals surface area (Å²) in [7, 11) is 3.10. The number of aliphatic carboxylic acids is 1. The molecule has 25 heteroatoms. The van der Waals surface area contributed by atoms with Gasteiger partial charge in [0, 0.05) is 68.8 Å². The van der Waals surface area contributed by atoms with Crippen LogP contribution in [0.1, 0.15) is 73.5 Å². The number of nitrogens with two attached hydrogens (primary N) is 1. The molecule has 0 saturated heterocycles. The van der Waals surface area contributed by atoms with E-state index < -0.39 is 23.5 Å². The smallest absolute Gasteiger partial charge is 0.326 e. The summed E-state index contributed by atoms with van der Waals surface area (Å²) in [5.41, 5.74) is 10.7. The number of benzene rings is 2. The fraction of sp³-hybridized carbons (Fsp3) is 0.408. The molecule has 5 aromatic rings. The predicted octanol–water partition coefficient (Wildman–Crippen LogP) is 3.86. The Morgan fingerprint density at radius 3 is 2.12 bits per heavy atom. The van der Waals surface area contributed by atoms with Crippen molar-refractivity contribution in [3.05, 3.63) is 106 Å². The lowest BCUT2D eigenvalue weighted by molar-refractivity contribution is -0.139. The van der Waals surface area contributed by atoms with Gasteiger partial charge >= 0.3 is 5.97 Å². The van der Waals surface area contributed by atoms with Crippen molar-refractivity contribution in [3.63, 3.8) is 0 Å². The van der Waals surface area contributed by atoms with Crippen LogP contribution in [0.2, 0.25) is 0 Å². The van der Waals surface area contributed by atoms with Crippen molar-refractivity contribution in [3.8, 4) is 5.75 Å². The molecule has 74 heavy (non-hydrogen) atoms. The number of aromatic nitrogens is 5. The highest BCUT2D eigenvalue weighted by molar-refractivity contribution is 8.76. The van der Waals surface area contributed by atoms with Crippen molar-refractivity contribution in [2.45, 2.75) is 69.5 Å². The Bertz CT molecular complexity index is 2650. The average molecular weight is 1060 g/mol. The van der Waals surface area contributed by atoms with E-state index in [4.69, 9.17) is 24.7 Å². The first-order valence-corrected chi connectivity index (χ1v) is 26.2. The molecule has 5 rings (SSSR count). The number of nitrogen functional groups attached to an aromatic ring is 1. The number of hydrogen-bond acceptors (Lipinski definition) is 19. The zero-order valence-corrected chi connectivity index (χ0v) is 42.6. The Labute approximate surface area is 435 Å². The van der Waals surface area contributed by atoms with Gasteiger partial charge in [-0.15, -0.1) is 0 Å². The first-order valence-electron chi connectivity index (χ1n) is 23.9. The highest BCUT2D eigenvalue weighted by Gasteiger charge is 2.22. The van der Waals surface area contributed by atoms with E-state index in [1.165, 1.54) is 29.1 Å². The van der Waals surface area contributed by atoms with Crippen LogP contribution in [0.25, 0.3) is 11.2 Å². The van der Waals surface area contributed by atoms with Crippen LogP contribution in [-0.2, 0) is 39.9 Å². The van der Waals surface area contributed by atoms with E-state index in [1.54, 1.807) is 29.1 Å². The lowest BCUT2D eigenvalue weighted by Crippen LogP contribution is -2.41. The van der Waals surface area contributed by atoms with E-state index in [0.29, 0.717) is 120 Å². The Kier molecular flexibility index (Phi) is 25.6. The molecular formula is C49H62N12O11S2. The largest absolute Gasteiger partial charge is 0.494 e. The fourth-order valence-electron chi connectivity index (χ4n) is 6.40. The summed E-state index contributed by atoms with van der Waals surface area (Å²) < 4.78 is 22.4. The molecule has 0 fully saturated rings. The number of fused-ring (bicyclic) bond motifs is 1. The van der Waals surface area contributed by atoms with Crippen LogP contribution in [0.3, 0.4) is 0 Å². The maximum Gasteiger partial charge on any atom is 0.326 e. The van der Waals surface area contributed by atoms with Gasteiger partial charge in [-0.25, -0.2) is 25.2 Å². The number of amides is 4. The highest BCUT2D eigenvalue weighted by Crippen LogP contribution is 2.29. The van der Waals surface area contributed by atoms with E-state index in [1.807, 2.05) is 49.4 Å². The zero-order valence-electron chi connectivity index (χ0n) is 41.0. The molecule has 9 N–H and O–H groups in total. The van der Waals surface area contributed by atoms with Crippen LogP contribution in [0.5, 0.6) is 5.75 Å². The van der Waals surface area contributed by atoms with E-state index in [2.05, 4.69) is 56.7 Å². The number of rotatable bonds is 35. The van der Waals surface area contributed by atoms with Crippen LogP contribution in [0.15, 0.2) is 94.0 Å². The van der Waals surface area contributed by atoms with Crippen LogP contribution in [0, 0.1) is 0 Å². The molecular weight excluding hydrogens is 997 g/mol. The normalized spacial score (nSPS) is 11.7. The molecule has 0 radical (unpaired) electrons. The molecule has 0 aliphatic heterocycles. The number of hydrogen-bond donors (Lipinski definition) is 8. The lowest BCUT2D eigenvalue weighted by Gasteiger charge is -2.15. The second-order valence-corrected chi connectivity index (χ2v) is 18.5. The zero-order chi connectivity index (χ0) is 52.8. The van der Waals surface area contributed by atoms with Crippen LogP contribution < -0.4 is 42.7 Å². The number of pyridine rings is 1. The van der Waals surface area contributed by atoms with E-state index >= 15 is 0 Å². The number of hydrazone groups is 1. The van der Waals surface area contributed by atoms with Gasteiger partial charge in [0.15, 0.2) is 11.2 Å². The van der Waals surface area contributed by atoms with E-state index in [0.717, 1.165) is 10.6 Å². The number of carbonyl (C=O) groups is 5. The molecule has 3 heterocycles. The van der Waals surface area contributed by atoms with Gasteiger partial charge in [0.05, 0.1) is 57.2 Å². The standard InChI is InChI=1S/C49H62N12O11S2/c1-33(60-61-42(64)19-30-73-74-43-8-2-3-20-53-43)34-11-15-38(16-12-34)72-25-4-7-40(62)51-21-5-23-69-26-28-71-29-27-70-24-6-22-52-41(63)18-17-39(48(67)68)57-46(65)35-9-13-36(14-10-35)54-31-37-32-55-45-44(56-37)47(66)59-49(50)58-45/h2-3,8-16,20,32,39,54H,4-7,17-19,21-31H2,1H3,(H,51,62)(H,52,63)(H,57,65)(H,61,64)(H,67,68)(H3,50,55,58,59,66)/b60-33+/t39-/m1/s1. The minimum atomic E-state index is -1.28. The third-order valence-corrected chi connectivity index (χ3v) is 12.6. The SMILES string of the molecule is C/C(=N\NC(=O)CCSSc1ccccn1)c1ccc(OCCCC(=O)NCCCOCCOCCOCCCNC(=O)CC[C@@H](NC(=O)c2ccc(NCc3cnc4nc(N)[nH]c(=O)c4n3)cc2)C(=O)O)cc1. The number of carbonyl (C=O) groups excluding carboxylic acids is 4. The molecule has 2 aromatic carbocycles. The maximum atomic E-state index is 12.8. The Morgan fingerprint density at radius 2 is 1.45 bits per heavy atom. The summed E-state index contributed by atoms with van der Waals surface area (Å²) in [5.74, 6) is -1.20. The number of nitrogens with one attached hydrogen (secondary N) is 6. The van der Waals surface area contributed by atoms with Gasteiger partial charge in [0.25, 0.3) is 11.5 Å². The minimum absolute atomic E-state index is 0.0498. The van der Waals surface area contributed by atoms with Crippen molar-refractivity contribution in [1.82, 2.24) is 46.3 Å². The maximum absolute atomic E-state index is 12.8. The summed E-state index contributed by atoms with van der Waals surface area (Å²) in [6, 6.07) is 18.1. The molecule has 23 nitrogen and oxygen atoms in total. The second kappa shape index (κ2) is 32.8.